The molecule has 0 spiro atoms. The molecule has 0 saturated carbocycles. The highest BCUT2D eigenvalue weighted by atomic mass is 16.5. The average Bonchev–Trinajstić information content (AvgIpc) is 2.28. The maximum absolute atomic E-state index is 11.7. The second-order valence-electron chi connectivity index (χ2n) is 3.81. The lowest BCUT2D eigenvalue weighted by Crippen LogP contribution is -2.12. The largest absolute Gasteiger partial charge is 0.462 e. The quantitative estimate of drug-likeness (QED) is 0.732. The Bertz CT molecular complexity index is 372. The van der Waals surface area contributed by atoms with Gasteiger partial charge in [-0.05, 0) is 37.1 Å². The number of hydrogen-bond acceptors (Lipinski definition) is 3. The molecule has 3 nitrogen and oxygen atoms in total. The molecule has 0 atom stereocenters. The Morgan fingerprint density at radius 3 is 2.50 bits per heavy atom. The Morgan fingerprint density at radius 2 is 2.00 bits per heavy atom. The van der Waals surface area contributed by atoms with E-state index >= 15 is 0 Å². The summed E-state index contributed by atoms with van der Waals surface area (Å²) in [5, 5.41) is 0. The molecule has 0 heterocycles. The Balaban J connectivity index is 3.06. The topological polar surface area (TPSA) is 29.5 Å². The molecule has 0 aromatic heterocycles. The summed E-state index contributed by atoms with van der Waals surface area (Å²) in [5.74, 6) is -0.232. The highest BCUT2D eigenvalue weighted by Crippen LogP contribution is 2.19. The molecule has 0 amide bonds. The molecule has 0 aliphatic heterocycles. The fraction of sp³-hybridized carbons (Fsp3) is 0.462. The molecule has 88 valence electrons. The standard InChI is InChI=1S/C13H19NO2/c1-5-10-9-11(14(3)4)7-8-12(10)13(15)16-6-2/h7-9H,5-6H2,1-4H3. The molecule has 0 bridgehead atoms. The third-order valence-corrected chi connectivity index (χ3v) is 2.48. The lowest BCUT2D eigenvalue weighted by Gasteiger charge is -2.15. The maximum Gasteiger partial charge on any atom is 0.338 e. The van der Waals surface area contributed by atoms with Crippen molar-refractivity contribution in [1.29, 1.82) is 0 Å². The predicted molar refractivity (Wildman–Crippen MR) is 66.1 cm³/mol. The molecule has 0 radical (unpaired) electrons. The average molecular weight is 221 g/mol. The highest BCUT2D eigenvalue weighted by Gasteiger charge is 2.12. The zero-order valence-corrected chi connectivity index (χ0v) is 10.4. The van der Waals surface area contributed by atoms with Gasteiger partial charge >= 0.3 is 5.97 Å². The minimum absolute atomic E-state index is 0.232. The van der Waals surface area contributed by atoms with Crippen LogP contribution >= 0.6 is 0 Å². The zero-order valence-electron chi connectivity index (χ0n) is 10.4. The summed E-state index contributed by atoms with van der Waals surface area (Å²) in [4.78, 5) is 13.7. The zero-order chi connectivity index (χ0) is 12.1. The molecule has 0 aliphatic rings. The Kier molecular flexibility index (Phi) is 4.35. The summed E-state index contributed by atoms with van der Waals surface area (Å²) < 4.78 is 5.02. The number of benzene rings is 1. The van der Waals surface area contributed by atoms with E-state index in [-0.39, 0.29) is 5.97 Å². The normalized spacial score (nSPS) is 10.0. The number of rotatable bonds is 4. The summed E-state index contributed by atoms with van der Waals surface area (Å²) in [5.41, 5.74) is 2.81. The second-order valence-corrected chi connectivity index (χ2v) is 3.81. The summed E-state index contributed by atoms with van der Waals surface area (Å²) in [6, 6.07) is 5.81. The van der Waals surface area contributed by atoms with Gasteiger partial charge in [-0.3, -0.25) is 0 Å². The van der Waals surface area contributed by atoms with Gasteiger partial charge in [-0.25, -0.2) is 4.79 Å². The molecule has 0 saturated heterocycles. The van der Waals surface area contributed by atoms with Crippen molar-refractivity contribution in [2.75, 3.05) is 25.6 Å². The van der Waals surface area contributed by atoms with E-state index in [1.54, 1.807) is 0 Å². The van der Waals surface area contributed by atoms with E-state index < -0.39 is 0 Å². The van der Waals surface area contributed by atoms with Gasteiger partial charge in [0.05, 0.1) is 12.2 Å². The first-order chi connectivity index (χ1) is 7.60. The fourth-order valence-corrected chi connectivity index (χ4v) is 1.56. The number of carbonyl (C=O) groups excluding carboxylic acids is 1. The summed E-state index contributed by atoms with van der Waals surface area (Å²) in [6.45, 7) is 4.27. The van der Waals surface area contributed by atoms with Gasteiger partial charge in [0, 0.05) is 19.8 Å². The van der Waals surface area contributed by atoms with Crippen LogP contribution in [0.25, 0.3) is 0 Å². The van der Waals surface area contributed by atoms with Crippen molar-refractivity contribution in [3.8, 4) is 0 Å². The van der Waals surface area contributed by atoms with E-state index in [0.29, 0.717) is 12.2 Å². The molecule has 0 N–H and O–H groups in total. The Labute approximate surface area is 97.0 Å². The van der Waals surface area contributed by atoms with Crippen LogP contribution in [-0.2, 0) is 11.2 Å². The van der Waals surface area contributed by atoms with E-state index in [4.69, 9.17) is 4.74 Å². The van der Waals surface area contributed by atoms with Gasteiger partial charge in [-0.15, -0.1) is 0 Å². The SMILES string of the molecule is CCOC(=O)c1ccc(N(C)C)cc1CC. The van der Waals surface area contributed by atoms with Crippen LogP contribution in [-0.4, -0.2) is 26.7 Å². The van der Waals surface area contributed by atoms with E-state index in [2.05, 4.69) is 0 Å². The molecule has 1 aromatic carbocycles. The molecule has 0 unspecified atom stereocenters. The summed E-state index contributed by atoms with van der Waals surface area (Å²) >= 11 is 0. The van der Waals surface area contributed by atoms with Crippen molar-refractivity contribution >= 4 is 11.7 Å². The second kappa shape index (κ2) is 5.54. The van der Waals surface area contributed by atoms with Crippen LogP contribution in [0.4, 0.5) is 5.69 Å². The van der Waals surface area contributed by atoms with E-state index in [1.807, 2.05) is 51.0 Å². The number of ether oxygens (including phenoxy) is 1. The minimum Gasteiger partial charge on any atom is -0.462 e. The van der Waals surface area contributed by atoms with Gasteiger partial charge in [0.1, 0.15) is 0 Å². The van der Waals surface area contributed by atoms with Crippen molar-refractivity contribution < 1.29 is 9.53 Å². The predicted octanol–water partition coefficient (Wildman–Crippen LogP) is 2.49. The van der Waals surface area contributed by atoms with E-state index in [0.717, 1.165) is 17.7 Å². The van der Waals surface area contributed by atoms with E-state index in [1.165, 1.54) is 0 Å². The number of hydrogen-bond donors (Lipinski definition) is 0. The van der Waals surface area contributed by atoms with Crippen molar-refractivity contribution in [2.24, 2.45) is 0 Å². The summed E-state index contributed by atoms with van der Waals surface area (Å²) in [6.07, 6.45) is 0.829. The molecule has 3 heteroatoms. The van der Waals surface area contributed by atoms with Crippen LogP contribution in [0.2, 0.25) is 0 Å². The van der Waals surface area contributed by atoms with Gasteiger partial charge in [0.15, 0.2) is 0 Å². The first-order valence-corrected chi connectivity index (χ1v) is 5.57. The fourth-order valence-electron chi connectivity index (χ4n) is 1.56. The van der Waals surface area contributed by atoms with Gasteiger partial charge in [-0.2, -0.15) is 0 Å². The van der Waals surface area contributed by atoms with Gasteiger partial charge in [-0.1, -0.05) is 6.92 Å². The Morgan fingerprint density at radius 1 is 1.31 bits per heavy atom. The molecular formula is C13H19NO2. The molecule has 1 aromatic rings. The van der Waals surface area contributed by atoms with Crippen molar-refractivity contribution in [2.45, 2.75) is 20.3 Å². The van der Waals surface area contributed by atoms with Crippen LogP contribution in [0.3, 0.4) is 0 Å². The van der Waals surface area contributed by atoms with Crippen LogP contribution in [0, 0.1) is 0 Å². The third-order valence-electron chi connectivity index (χ3n) is 2.48. The molecule has 16 heavy (non-hydrogen) atoms. The third kappa shape index (κ3) is 2.75. The minimum atomic E-state index is -0.232. The molecule has 1 rings (SSSR count). The number of esters is 1. The number of aryl methyl sites for hydroxylation is 1. The Hall–Kier alpha value is -1.51. The van der Waals surface area contributed by atoms with Gasteiger partial charge in [0.2, 0.25) is 0 Å². The van der Waals surface area contributed by atoms with Gasteiger partial charge in [0.25, 0.3) is 0 Å². The number of carbonyl (C=O) groups is 1. The van der Waals surface area contributed by atoms with Crippen molar-refractivity contribution in [3.63, 3.8) is 0 Å². The summed E-state index contributed by atoms with van der Waals surface area (Å²) in [7, 11) is 3.97. The smallest absolute Gasteiger partial charge is 0.338 e. The van der Waals surface area contributed by atoms with Crippen molar-refractivity contribution in [3.05, 3.63) is 29.3 Å². The van der Waals surface area contributed by atoms with Crippen LogP contribution in [0.1, 0.15) is 29.8 Å². The number of nitrogens with zero attached hydrogens (tertiary/aromatic N) is 1. The van der Waals surface area contributed by atoms with Gasteiger partial charge < -0.3 is 9.64 Å². The first-order valence-electron chi connectivity index (χ1n) is 5.57. The maximum atomic E-state index is 11.7. The number of anilines is 1. The lowest BCUT2D eigenvalue weighted by molar-refractivity contribution is 0.0525. The van der Waals surface area contributed by atoms with Crippen LogP contribution in [0.15, 0.2) is 18.2 Å². The first kappa shape index (κ1) is 12.6. The van der Waals surface area contributed by atoms with Crippen molar-refractivity contribution in [1.82, 2.24) is 0 Å². The molecular weight excluding hydrogens is 202 g/mol. The molecule has 0 fully saturated rings. The lowest BCUT2D eigenvalue weighted by atomic mass is 10.0. The monoisotopic (exact) mass is 221 g/mol. The highest BCUT2D eigenvalue weighted by molar-refractivity contribution is 5.91. The van der Waals surface area contributed by atoms with Crippen LogP contribution in [0.5, 0.6) is 0 Å². The van der Waals surface area contributed by atoms with E-state index in [9.17, 15) is 4.79 Å². The van der Waals surface area contributed by atoms with Crippen LogP contribution < -0.4 is 4.90 Å². The molecule has 0 aliphatic carbocycles.